The number of hydrogen-bond donors (Lipinski definition) is 1. The van der Waals surface area contributed by atoms with Crippen molar-refractivity contribution in [3.63, 3.8) is 0 Å². The van der Waals surface area contributed by atoms with Crippen LogP contribution in [0.25, 0.3) is 5.65 Å². The van der Waals surface area contributed by atoms with Crippen molar-refractivity contribution in [2.45, 2.75) is 65.3 Å². The van der Waals surface area contributed by atoms with Gasteiger partial charge in [0.15, 0.2) is 11.4 Å². The lowest BCUT2D eigenvalue weighted by atomic mass is 9.83. The Morgan fingerprint density at radius 1 is 1.21 bits per heavy atom. The fraction of sp³-hybridized carbons (Fsp3) is 0.500. The number of aromatic nitrogens is 4. The van der Waals surface area contributed by atoms with E-state index in [-0.39, 0.29) is 35.8 Å². The Bertz CT molecular complexity index is 1250. The fourth-order valence-electron chi connectivity index (χ4n) is 3.97. The molecule has 1 fully saturated rings. The van der Waals surface area contributed by atoms with Gasteiger partial charge in [0.05, 0.1) is 19.3 Å². The number of ether oxygens (including phenoxy) is 2. The number of benzene rings is 1. The van der Waals surface area contributed by atoms with E-state index in [1.54, 1.807) is 13.2 Å². The Morgan fingerprint density at radius 3 is 2.48 bits per heavy atom. The average Bonchev–Trinajstić information content (AvgIpc) is 3.53. The van der Waals surface area contributed by atoms with Crippen LogP contribution in [0.4, 0.5) is 0 Å². The molecule has 33 heavy (non-hydrogen) atoms. The summed E-state index contributed by atoms with van der Waals surface area (Å²) in [5, 5.41) is 17.4. The van der Waals surface area contributed by atoms with E-state index in [2.05, 4.69) is 37.0 Å². The minimum absolute atomic E-state index is 0. The molecular weight excluding hydrogens is 442 g/mol. The molecule has 2 heterocycles. The lowest BCUT2D eigenvalue weighted by Crippen LogP contribution is -2.27. The molecule has 0 amide bonds. The number of halogens is 1. The van der Waals surface area contributed by atoms with Crippen molar-refractivity contribution >= 4 is 23.8 Å². The molecule has 9 heteroatoms. The number of hydrogen-bond acceptors (Lipinski definition) is 6. The van der Waals surface area contributed by atoms with Gasteiger partial charge in [-0.2, -0.15) is 4.52 Å². The van der Waals surface area contributed by atoms with E-state index in [1.165, 1.54) is 14.8 Å². The van der Waals surface area contributed by atoms with Crippen LogP contribution in [0.3, 0.4) is 0 Å². The van der Waals surface area contributed by atoms with Crippen molar-refractivity contribution in [3.8, 4) is 11.6 Å². The van der Waals surface area contributed by atoms with Crippen LogP contribution in [0.5, 0.6) is 11.6 Å². The molecule has 1 aliphatic carbocycles. The first kappa shape index (κ1) is 24.8. The van der Waals surface area contributed by atoms with Crippen LogP contribution in [-0.2, 0) is 12.0 Å². The van der Waals surface area contributed by atoms with Crippen LogP contribution in [0.2, 0.25) is 0 Å². The van der Waals surface area contributed by atoms with Crippen molar-refractivity contribution in [2.75, 3.05) is 13.7 Å². The predicted molar refractivity (Wildman–Crippen MR) is 128 cm³/mol. The van der Waals surface area contributed by atoms with Gasteiger partial charge in [-0.3, -0.25) is 10.2 Å². The maximum Gasteiger partial charge on any atom is 0.242 e. The van der Waals surface area contributed by atoms with Gasteiger partial charge in [-0.05, 0) is 49.7 Å². The molecule has 0 bridgehead atoms. The maximum absolute atomic E-state index is 13.5. The molecule has 0 aliphatic heterocycles. The van der Waals surface area contributed by atoms with Gasteiger partial charge in [0.1, 0.15) is 12.3 Å². The zero-order valence-electron chi connectivity index (χ0n) is 20.1. The highest BCUT2D eigenvalue weighted by molar-refractivity contribution is 5.99. The van der Waals surface area contributed by atoms with Gasteiger partial charge in [-0.1, -0.05) is 26.8 Å². The number of methoxy groups -OCH3 is 1. The Kier molecular flexibility index (Phi) is 6.88. The summed E-state index contributed by atoms with van der Waals surface area (Å²) in [6.07, 6.45) is 2.30. The molecule has 0 spiro atoms. The predicted octanol–water partition coefficient (Wildman–Crippen LogP) is 4.21. The van der Waals surface area contributed by atoms with Crippen molar-refractivity contribution in [2.24, 2.45) is 0 Å². The molecule has 0 atom stereocenters. The summed E-state index contributed by atoms with van der Waals surface area (Å²) < 4.78 is 14.0. The zero-order valence-corrected chi connectivity index (χ0v) is 20.9. The topological polar surface area (TPSA) is 94.5 Å². The fourth-order valence-corrected chi connectivity index (χ4v) is 3.97. The smallest absolute Gasteiger partial charge is 0.242 e. The van der Waals surface area contributed by atoms with Crippen molar-refractivity contribution in [3.05, 3.63) is 46.1 Å². The molecule has 1 N–H and O–H groups in total. The lowest BCUT2D eigenvalue weighted by molar-refractivity contribution is 0.0962. The monoisotopic (exact) mass is 473 g/mol. The number of nitrogens with one attached hydrogen (secondary N) is 1. The number of carbonyl (C=O) groups is 1. The first-order valence-electron chi connectivity index (χ1n) is 11.0. The van der Waals surface area contributed by atoms with E-state index in [0.29, 0.717) is 35.4 Å². The number of carbonyl (C=O) groups excluding carboxylic acids is 1. The highest BCUT2D eigenvalue weighted by Crippen LogP contribution is 2.44. The average molecular weight is 474 g/mol. The molecule has 4 rings (SSSR count). The first-order chi connectivity index (χ1) is 15.1. The second kappa shape index (κ2) is 9.17. The van der Waals surface area contributed by atoms with Crippen LogP contribution in [0.15, 0.2) is 18.2 Å². The molecular formula is C24H32ClN5O3. The second-order valence-corrected chi connectivity index (χ2v) is 9.41. The van der Waals surface area contributed by atoms with Crippen molar-refractivity contribution in [1.29, 1.82) is 5.41 Å². The molecule has 1 aliphatic rings. The van der Waals surface area contributed by atoms with Gasteiger partial charge < -0.3 is 9.47 Å². The van der Waals surface area contributed by atoms with E-state index in [4.69, 9.17) is 14.9 Å². The highest BCUT2D eigenvalue weighted by atomic mass is 35.5. The van der Waals surface area contributed by atoms with Gasteiger partial charge in [0.25, 0.3) is 0 Å². The van der Waals surface area contributed by atoms with Crippen LogP contribution >= 0.6 is 12.4 Å². The second-order valence-electron chi connectivity index (χ2n) is 9.41. The van der Waals surface area contributed by atoms with E-state index in [1.807, 2.05) is 19.9 Å². The summed E-state index contributed by atoms with van der Waals surface area (Å²) in [4.78, 5) is 13.5. The van der Waals surface area contributed by atoms with Crippen LogP contribution in [-0.4, -0.2) is 38.9 Å². The van der Waals surface area contributed by atoms with Gasteiger partial charge in [0, 0.05) is 17.2 Å². The third-order valence-electron chi connectivity index (χ3n) is 5.81. The molecule has 8 nitrogen and oxygen atoms in total. The Hall–Kier alpha value is -2.87. The molecule has 178 valence electrons. The Labute approximate surface area is 199 Å². The van der Waals surface area contributed by atoms with Gasteiger partial charge in [0.2, 0.25) is 11.5 Å². The lowest BCUT2D eigenvalue weighted by Gasteiger charge is -2.25. The molecule has 0 saturated heterocycles. The number of rotatable bonds is 7. The minimum atomic E-state index is -0.168. The van der Waals surface area contributed by atoms with Gasteiger partial charge >= 0.3 is 0 Å². The number of Topliss-reactive ketones (excluding diaryl/α,β-unsaturated/α-hetero) is 1. The normalized spacial score (nSPS) is 13.6. The summed E-state index contributed by atoms with van der Waals surface area (Å²) in [6.45, 7) is 10.5. The van der Waals surface area contributed by atoms with Crippen molar-refractivity contribution < 1.29 is 14.3 Å². The summed E-state index contributed by atoms with van der Waals surface area (Å²) in [6, 6.07) is 5.93. The molecule has 1 aromatic carbocycles. The summed E-state index contributed by atoms with van der Waals surface area (Å²) in [5.41, 5.74) is 3.96. The van der Waals surface area contributed by atoms with E-state index in [9.17, 15) is 4.79 Å². The number of fused-ring (bicyclic) bond motifs is 1. The van der Waals surface area contributed by atoms with Gasteiger partial charge in [-0.15, -0.1) is 22.6 Å². The summed E-state index contributed by atoms with van der Waals surface area (Å²) >= 11 is 0. The third kappa shape index (κ3) is 4.76. The molecule has 1 saturated carbocycles. The molecule has 3 aromatic rings. The minimum Gasteiger partial charge on any atom is -0.496 e. The number of nitrogens with zero attached hydrogens (tertiary/aromatic N) is 4. The standard InChI is InChI=1S/C24H31N5O3.ClH/c1-7-32-20-10-14(2)22-27-28(23(25)29(22)26-20)13-19(30)17-11-16(15-8-9-15)12-18(21(17)31-6)24(3,4)5;/h10-12,15,25H,7-9,13H2,1-6H3;1H. The van der Waals surface area contributed by atoms with Crippen LogP contribution in [0.1, 0.15) is 73.5 Å². The number of aryl methyl sites for hydroxylation is 1. The Morgan fingerprint density at radius 2 is 1.91 bits per heavy atom. The van der Waals surface area contributed by atoms with Crippen LogP contribution < -0.4 is 15.1 Å². The molecule has 2 aromatic heterocycles. The summed E-state index contributed by atoms with van der Waals surface area (Å²) in [5.74, 6) is 1.40. The Balaban J connectivity index is 0.00000306. The highest BCUT2D eigenvalue weighted by Gasteiger charge is 2.30. The van der Waals surface area contributed by atoms with Crippen LogP contribution in [0, 0.1) is 12.3 Å². The number of ketones is 1. The quantitative estimate of drug-likeness (QED) is 0.519. The van der Waals surface area contributed by atoms with E-state index in [0.717, 1.165) is 24.0 Å². The van der Waals surface area contributed by atoms with E-state index >= 15 is 0 Å². The van der Waals surface area contributed by atoms with Crippen molar-refractivity contribution in [1.82, 2.24) is 19.4 Å². The maximum atomic E-state index is 13.5. The zero-order chi connectivity index (χ0) is 23.2. The first-order valence-corrected chi connectivity index (χ1v) is 11.0. The molecule has 0 radical (unpaired) electrons. The van der Waals surface area contributed by atoms with Gasteiger partial charge in [-0.25, -0.2) is 4.68 Å². The third-order valence-corrected chi connectivity index (χ3v) is 5.81. The largest absolute Gasteiger partial charge is 0.496 e. The summed E-state index contributed by atoms with van der Waals surface area (Å²) in [7, 11) is 1.61. The molecule has 0 unspecified atom stereocenters. The SMILES string of the molecule is CCOc1cc(C)c2nn(CC(=O)c3cc(C4CC4)cc(C(C)(C)C)c3OC)c(=N)n2n1.Cl. The van der Waals surface area contributed by atoms with E-state index < -0.39 is 0 Å².